The third-order valence-electron chi connectivity index (χ3n) is 2.73. The van der Waals surface area contributed by atoms with Crippen LogP contribution in [0.3, 0.4) is 0 Å². The van der Waals surface area contributed by atoms with Crippen LogP contribution in [0.25, 0.3) is 0 Å². The highest BCUT2D eigenvalue weighted by molar-refractivity contribution is 5.35. The molecule has 0 N–H and O–H groups in total. The molecule has 1 rings (SSSR count). The lowest BCUT2D eigenvalue weighted by molar-refractivity contribution is 0.394. The van der Waals surface area contributed by atoms with Gasteiger partial charge in [0.1, 0.15) is 5.75 Å². The second kappa shape index (κ2) is 5.34. The topological polar surface area (TPSA) is 9.23 Å². The van der Waals surface area contributed by atoms with Gasteiger partial charge in [0, 0.05) is 0 Å². The lowest BCUT2D eigenvalue weighted by Crippen LogP contribution is -2.12. The van der Waals surface area contributed by atoms with Gasteiger partial charge in [-0.3, -0.25) is 0 Å². The minimum atomic E-state index is 0.311. The summed E-state index contributed by atoms with van der Waals surface area (Å²) in [5, 5.41) is 0. The largest absolute Gasteiger partial charge is 0.497 e. The molecule has 0 fully saturated rings. The van der Waals surface area contributed by atoms with Gasteiger partial charge >= 0.3 is 0 Å². The number of benzene rings is 1. The van der Waals surface area contributed by atoms with Gasteiger partial charge < -0.3 is 4.74 Å². The minimum absolute atomic E-state index is 0.311. The van der Waals surface area contributed by atoms with Gasteiger partial charge in [0.2, 0.25) is 0 Å². The Kier molecular flexibility index (Phi) is 4.47. The maximum absolute atomic E-state index is 5.42. The van der Waals surface area contributed by atoms with Crippen LogP contribution in [0.1, 0.15) is 52.7 Å². The molecule has 1 aromatic carbocycles. The molecule has 0 saturated carbocycles. The third kappa shape index (κ3) is 5.57. The SMILES string of the molecule is COc1cc(CC(C)(C)C)cc(CC(C)(C)C)c1. The van der Waals surface area contributed by atoms with Gasteiger partial charge in [-0.15, -0.1) is 0 Å². The van der Waals surface area contributed by atoms with E-state index in [9.17, 15) is 0 Å². The molecule has 0 heterocycles. The second-order valence-electron chi connectivity index (χ2n) is 7.66. The molecule has 0 aliphatic rings. The molecule has 1 heteroatoms. The quantitative estimate of drug-likeness (QED) is 0.741. The maximum atomic E-state index is 5.42. The first-order valence-corrected chi connectivity index (χ1v) is 6.76. The first-order valence-electron chi connectivity index (χ1n) is 6.76. The summed E-state index contributed by atoms with van der Waals surface area (Å²) >= 11 is 0. The lowest BCUT2D eigenvalue weighted by Gasteiger charge is -2.22. The number of methoxy groups -OCH3 is 1. The average molecular weight is 248 g/mol. The summed E-state index contributed by atoms with van der Waals surface area (Å²) < 4.78 is 5.42. The van der Waals surface area contributed by atoms with E-state index < -0.39 is 0 Å². The zero-order valence-electron chi connectivity index (χ0n) is 13.1. The molecule has 1 aromatic rings. The van der Waals surface area contributed by atoms with E-state index in [-0.39, 0.29) is 0 Å². The summed E-state index contributed by atoms with van der Waals surface area (Å²) in [5.41, 5.74) is 3.37. The van der Waals surface area contributed by atoms with E-state index in [0.29, 0.717) is 10.8 Å². The molecule has 0 saturated heterocycles. The Morgan fingerprint density at radius 2 is 1.17 bits per heavy atom. The van der Waals surface area contributed by atoms with Crippen molar-refractivity contribution in [3.8, 4) is 5.75 Å². The van der Waals surface area contributed by atoms with Crippen LogP contribution in [0.2, 0.25) is 0 Å². The molecule has 0 atom stereocenters. The summed E-state index contributed by atoms with van der Waals surface area (Å²) in [6.45, 7) is 13.6. The summed E-state index contributed by atoms with van der Waals surface area (Å²) in [4.78, 5) is 0. The summed E-state index contributed by atoms with van der Waals surface area (Å²) in [6, 6.07) is 6.66. The van der Waals surface area contributed by atoms with Gasteiger partial charge in [-0.2, -0.15) is 0 Å². The molecule has 0 aliphatic carbocycles. The zero-order valence-corrected chi connectivity index (χ0v) is 13.1. The van der Waals surface area contributed by atoms with Gasteiger partial charge in [0.05, 0.1) is 7.11 Å². The summed E-state index contributed by atoms with van der Waals surface area (Å²) in [5.74, 6) is 0.982. The van der Waals surface area contributed by atoms with Crippen LogP contribution in [-0.2, 0) is 12.8 Å². The molecule has 0 radical (unpaired) electrons. The van der Waals surface area contributed by atoms with Crippen molar-refractivity contribution in [2.45, 2.75) is 54.4 Å². The maximum Gasteiger partial charge on any atom is 0.119 e. The highest BCUT2D eigenvalue weighted by Gasteiger charge is 2.15. The fraction of sp³-hybridized carbons (Fsp3) is 0.647. The first kappa shape index (κ1) is 15.1. The van der Waals surface area contributed by atoms with E-state index in [4.69, 9.17) is 4.74 Å². The van der Waals surface area contributed by atoms with E-state index in [1.54, 1.807) is 7.11 Å². The predicted molar refractivity (Wildman–Crippen MR) is 79.3 cm³/mol. The third-order valence-corrected chi connectivity index (χ3v) is 2.73. The molecule has 0 aliphatic heterocycles. The van der Waals surface area contributed by atoms with Crippen molar-refractivity contribution in [3.63, 3.8) is 0 Å². The molecule has 0 bridgehead atoms. The molecule has 102 valence electrons. The smallest absolute Gasteiger partial charge is 0.119 e. The molecule has 0 unspecified atom stereocenters. The van der Waals surface area contributed by atoms with E-state index >= 15 is 0 Å². The summed E-state index contributed by atoms with van der Waals surface area (Å²) in [6.07, 6.45) is 2.17. The van der Waals surface area contributed by atoms with Gasteiger partial charge in [-0.1, -0.05) is 47.6 Å². The monoisotopic (exact) mass is 248 g/mol. The van der Waals surface area contributed by atoms with Crippen molar-refractivity contribution in [2.75, 3.05) is 7.11 Å². The van der Waals surface area contributed by atoms with Gasteiger partial charge in [-0.25, -0.2) is 0 Å². The Balaban J connectivity index is 3.02. The van der Waals surface area contributed by atoms with E-state index in [2.05, 4.69) is 59.7 Å². The zero-order chi connectivity index (χ0) is 14.0. The van der Waals surface area contributed by atoms with Crippen LogP contribution >= 0.6 is 0 Å². The lowest BCUT2D eigenvalue weighted by atomic mass is 9.84. The normalized spacial score (nSPS) is 12.6. The number of hydrogen-bond donors (Lipinski definition) is 0. The molecular weight excluding hydrogens is 220 g/mol. The van der Waals surface area contributed by atoms with E-state index in [1.165, 1.54) is 11.1 Å². The van der Waals surface area contributed by atoms with Crippen LogP contribution in [0.5, 0.6) is 5.75 Å². The molecule has 0 amide bonds. The number of ether oxygens (including phenoxy) is 1. The van der Waals surface area contributed by atoms with Crippen LogP contribution in [0.15, 0.2) is 18.2 Å². The van der Waals surface area contributed by atoms with Crippen LogP contribution in [-0.4, -0.2) is 7.11 Å². The van der Waals surface area contributed by atoms with Crippen molar-refractivity contribution in [1.29, 1.82) is 0 Å². The van der Waals surface area contributed by atoms with Crippen molar-refractivity contribution < 1.29 is 4.74 Å². The van der Waals surface area contributed by atoms with Crippen LogP contribution in [0, 0.1) is 10.8 Å². The number of hydrogen-bond acceptors (Lipinski definition) is 1. The Morgan fingerprint density at radius 1 is 0.778 bits per heavy atom. The molecule has 18 heavy (non-hydrogen) atoms. The van der Waals surface area contributed by atoms with Crippen molar-refractivity contribution in [1.82, 2.24) is 0 Å². The van der Waals surface area contributed by atoms with Gasteiger partial charge in [0.25, 0.3) is 0 Å². The highest BCUT2D eigenvalue weighted by Crippen LogP contribution is 2.28. The molecule has 0 spiro atoms. The Labute approximate surface area is 113 Å². The summed E-state index contributed by atoms with van der Waals surface area (Å²) in [7, 11) is 1.75. The van der Waals surface area contributed by atoms with Crippen LogP contribution < -0.4 is 4.74 Å². The van der Waals surface area contributed by atoms with E-state index in [1.807, 2.05) is 0 Å². The molecule has 0 aromatic heterocycles. The van der Waals surface area contributed by atoms with Crippen LogP contribution in [0.4, 0.5) is 0 Å². The average Bonchev–Trinajstić information content (AvgIpc) is 2.11. The minimum Gasteiger partial charge on any atom is -0.497 e. The standard InChI is InChI=1S/C17H28O/c1-16(2,3)11-13-8-14(12-17(4,5)6)10-15(9-13)18-7/h8-10H,11-12H2,1-7H3. The Morgan fingerprint density at radius 3 is 1.44 bits per heavy atom. The fourth-order valence-electron chi connectivity index (χ4n) is 2.28. The van der Waals surface area contributed by atoms with Crippen molar-refractivity contribution in [2.24, 2.45) is 10.8 Å². The molecule has 1 nitrogen and oxygen atoms in total. The number of rotatable bonds is 3. The van der Waals surface area contributed by atoms with Gasteiger partial charge in [0.15, 0.2) is 0 Å². The first-order chi connectivity index (χ1) is 8.09. The fourth-order valence-corrected chi connectivity index (χ4v) is 2.28. The predicted octanol–water partition coefficient (Wildman–Crippen LogP) is 4.87. The Hall–Kier alpha value is -0.980. The second-order valence-corrected chi connectivity index (χ2v) is 7.66. The molecular formula is C17H28O. The Bertz CT molecular complexity index is 357. The highest BCUT2D eigenvalue weighted by atomic mass is 16.5. The van der Waals surface area contributed by atoms with Crippen molar-refractivity contribution >= 4 is 0 Å². The van der Waals surface area contributed by atoms with Gasteiger partial charge in [-0.05, 0) is 46.9 Å². The van der Waals surface area contributed by atoms with Crippen molar-refractivity contribution in [3.05, 3.63) is 29.3 Å². The van der Waals surface area contributed by atoms with E-state index in [0.717, 1.165) is 18.6 Å².